The second kappa shape index (κ2) is 18.9. The SMILES string of the molecule is CCO[C@H](C[C@H](C(C)C)N(C)C(=O)C(CC(=O)[C@H]1CCCCN1C)CC1CC1)c1nc(C(=O)N[C@@H](Cc2ccccc2)C[C@H](C)C(=O)O)cs1. The monoisotopic (exact) mass is 710 g/mol. The molecule has 2 N–H and O–H groups in total. The Kier molecular flexibility index (Phi) is 15.0. The first kappa shape index (κ1) is 39.6. The summed E-state index contributed by atoms with van der Waals surface area (Å²) in [7, 11) is 3.88. The minimum absolute atomic E-state index is 0.0249. The lowest BCUT2D eigenvalue weighted by Gasteiger charge is -2.36. The fraction of sp³-hybridized carbons (Fsp3) is 0.667. The minimum Gasteiger partial charge on any atom is -0.481 e. The number of thiazole rings is 1. The summed E-state index contributed by atoms with van der Waals surface area (Å²) in [6.45, 7) is 9.12. The summed E-state index contributed by atoms with van der Waals surface area (Å²) < 4.78 is 6.21. The number of hydrogen-bond acceptors (Lipinski definition) is 8. The topological polar surface area (TPSA) is 129 Å². The number of nitrogens with one attached hydrogen (secondary N) is 1. The molecule has 2 fully saturated rings. The van der Waals surface area contributed by atoms with Crippen LogP contribution in [-0.2, 0) is 25.5 Å². The van der Waals surface area contributed by atoms with Crippen LogP contribution in [0.1, 0.15) is 113 Å². The predicted octanol–water partition coefficient (Wildman–Crippen LogP) is 6.41. The molecule has 10 nitrogen and oxygen atoms in total. The zero-order chi connectivity index (χ0) is 36.4. The van der Waals surface area contributed by atoms with Crippen LogP contribution < -0.4 is 5.32 Å². The maximum atomic E-state index is 14.2. The normalized spacial score (nSPS) is 19.7. The molecule has 0 radical (unpaired) electrons. The van der Waals surface area contributed by atoms with Gasteiger partial charge in [-0.05, 0) is 70.0 Å². The van der Waals surface area contributed by atoms with Crippen molar-refractivity contribution in [1.82, 2.24) is 20.1 Å². The number of Topliss-reactive ketones (excluding diaryl/α,β-unsaturated/α-hetero) is 1. The lowest BCUT2D eigenvalue weighted by Crippen LogP contribution is -2.47. The van der Waals surface area contributed by atoms with Crippen LogP contribution in [0.2, 0.25) is 0 Å². The van der Waals surface area contributed by atoms with Crippen LogP contribution in [0.15, 0.2) is 35.7 Å². The third-order valence-electron chi connectivity index (χ3n) is 10.4. The van der Waals surface area contributed by atoms with Gasteiger partial charge in [0.2, 0.25) is 5.91 Å². The van der Waals surface area contributed by atoms with E-state index < -0.39 is 18.0 Å². The van der Waals surface area contributed by atoms with E-state index in [0.717, 1.165) is 50.6 Å². The number of amides is 2. The average molecular weight is 711 g/mol. The molecule has 1 saturated carbocycles. The van der Waals surface area contributed by atoms with Gasteiger partial charge in [-0.25, -0.2) is 4.98 Å². The van der Waals surface area contributed by atoms with E-state index >= 15 is 0 Å². The number of aliphatic carboxylic acids is 1. The number of likely N-dealkylation sites (tertiary alicyclic amines) is 1. The van der Waals surface area contributed by atoms with Gasteiger partial charge >= 0.3 is 5.97 Å². The summed E-state index contributed by atoms with van der Waals surface area (Å²) in [4.78, 5) is 61.5. The Hall–Kier alpha value is -3.15. The second-order valence-electron chi connectivity index (χ2n) is 14.9. The predicted molar refractivity (Wildman–Crippen MR) is 196 cm³/mol. The largest absolute Gasteiger partial charge is 0.481 e. The van der Waals surface area contributed by atoms with E-state index in [2.05, 4.69) is 24.1 Å². The molecule has 2 amide bonds. The van der Waals surface area contributed by atoms with E-state index in [4.69, 9.17) is 9.72 Å². The molecule has 2 aliphatic rings. The van der Waals surface area contributed by atoms with E-state index in [1.165, 1.54) is 11.3 Å². The Morgan fingerprint density at radius 1 is 1.08 bits per heavy atom. The van der Waals surface area contributed by atoms with E-state index in [9.17, 15) is 24.3 Å². The first-order valence-corrected chi connectivity index (χ1v) is 19.4. The summed E-state index contributed by atoms with van der Waals surface area (Å²) in [5, 5.41) is 15.0. The van der Waals surface area contributed by atoms with Crippen molar-refractivity contribution < 1.29 is 29.0 Å². The van der Waals surface area contributed by atoms with Crippen molar-refractivity contribution in [3.8, 4) is 0 Å². The molecule has 1 saturated heterocycles. The van der Waals surface area contributed by atoms with Crippen LogP contribution in [0.3, 0.4) is 0 Å². The average Bonchev–Trinajstić information content (AvgIpc) is 3.77. The fourth-order valence-electron chi connectivity index (χ4n) is 7.30. The molecule has 2 aromatic rings. The number of hydrogen-bond donors (Lipinski definition) is 2. The Bertz CT molecular complexity index is 1410. The molecule has 1 aromatic heterocycles. The van der Waals surface area contributed by atoms with Gasteiger partial charge in [-0.1, -0.05) is 70.4 Å². The molecule has 0 bridgehead atoms. The molecule has 6 atom stereocenters. The van der Waals surface area contributed by atoms with Gasteiger partial charge in [0.25, 0.3) is 5.91 Å². The van der Waals surface area contributed by atoms with Crippen molar-refractivity contribution in [3.05, 3.63) is 52.0 Å². The standard InChI is InChI=1S/C39H58N4O6S/c1-7-49-35(37-41-31(24-50-37)36(45)40-30(19-26(4)39(47)48)21-27-13-9-8-10-14-27)23-33(25(2)3)43(6)38(46)29(20-28-16-17-28)22-34(44)32-15-11-12-18-42(32)5/h8-10,13-14,24-26,28-30,32-33,35H,7,11-12,15-23H2,1-6H3,(H,40,45)(H,47,48)/t26-,29?,30+,32+,33+,35+/m0/s1. The summed E-state index contributed by atoms with van der Waals surface area (Å²) >= 11 is 1.35. The highest BCUT2D eigenvalue weighted by atomic mass is 32.1. The van der Waals surface area contributed by atoms with Gasteiger partial charge < -0.3 is 20.1 Å². The summed E-state index contributed by atoms with van der Waals surface area (Å²) in [5.74, 6) is -1.37. The van der Waals surface area contributed by atoms with Gasteiger partial charge in [-0.2, -0.15) is 0 Å². The quantitative estimate of drug-likeness (QED) is 0.162. The highest BCUT2D eigenvalue weighted by Crippen LogP contribution is 2.38. The number of carboxylic acids is 1. The van der Waals surface area contributed by atoms with Gasteiger partial charge in [-0.3, -0.25) is 24.1 Å². The number of ketones is 1. The molecule has 50 heavy (non-hydrogen) atoms. The zero-order valence-corrected chi connectivity index (χ0v) is 31.6. The van der Waals surface area contributed by atoms with Gasteiger partial charge in [0.05, 0.1) is 12.0 Å². The molecule has 1 unspecified atom stereocenters. The summed E-state index contributed by atoms with van der Waals surface area (Å²) in [6.07, 6.45) is 7.18. The number of benzene rings is 1. The van der Waals surface area contributed by atoms with Gasteiger partial charge in [0.15, 0.2) is 5.78 Å². The van der Waals surface area contributed by atoms with E-state index in [0.29, 0.717) is 30.4 Å². The molecule has 276 valence electrons. The van der Waals surface area contributed by atoms with Crippen LogP contribution in [0, 0.1) is 23.7 Å². The Balaban J connectivity index is 1.46. The number of nitrogens with zero attached hydrogens (tertiary/aromatic N) is 3. The molecule has 1 aromatic carbocycles. The number of rotatable bonds is 20. The highest BCUT2D eigenvalue weighted by Gasteiger charge is 2.38. The Morgan fingerprint density at radius 3 is 2.42 bits per heavy atom. The maximum Gasteiger partial charge on any atom is 0.306 e. The van der Waals surface area contributed by atoms with Crippen LogP contribution in [0.5, 0.6) is 0 Å². The highest BCUT2D eigenvalue weighted by molar-refractivity contribution is 7.09. The number of likely N-dealkylation sites (N-methyl/N-ethyl adjacent to an activating group) is 1. The van der Waals surface area contributed by atoms with Gasteiger partial charge in [0.1, 0.15) is 16.8 Å². The third-order valence-corrected chi connectivity index (χ3v) is 11.4. The molecular weight excluding hydrogens is 653 g/mol. The first-order chi connectivity index (χ1) is 23.9. The van der Waals surface area contributed by atoms with Crippen LogP contribution >= 0.6 is 11.3 Å². The van der Waals surface area contributed by atoms with Crippen LogP contribution in [-0.4, -0.2) is 88.8 Å². The van der Waals surface area contributed by atoms with Crippen molar-refractivity contribution in [3.63, 3.8) is 0 Å². The Morgan fingerprint density at radius 2 is 1.80 bits per heavy atom. The van der Waals surface area contributed by atoms with Crippen molar-refractivity contribution in [2.24, 2.45) is 23.7 Å². The van der Waals surface area contributed by atoms with Gasteiger partial charge in [-0.15, -0.1) is 11.3 Å². The second-order valence-corrected chi connectivity index (χ2v) is 15.8. The van der Waals surface area contributed by atoms with Crippen molar-refractivity contribution >= 4 is 34.9 Å². The molecular formula is C39H58N4O6S. The number of carboxylic acid groups (broad SMARTS) is 1. The number of aromatic nitrogens is 1. The molecule has 11 heteroatoms. The fourth-order valence-corrected chi connectivity index (χ4v) is 8.16. The van der Waals surface area contributed by atoms with Gasteiger partial charge in [0, 0.05) is 49.9 Å². The van der Waals surface area contributed by atoms with E-state index in [1.54, 1.807) is 12.3 Å². The lowest BCUT2D eigenvalue weighted by atomic mass is 9.88. The van der Waals surface area contributed by atoms with Crippen LogP contribution in [0.4, 0.5) is 0 Å². The van der Waals surface area contributed by atoms with E-state index in [1.807, 2.05) is 56.3 Å². The van der Waals surface area contributed by atoms with Crippen molar-refractivity contribution in [2.75, 3.05) is 27.2 Å². The molecule has 2 heterocycles. The molecule has 0 spiro atoms. The lowest BCUT2D eigenvalue weighted by molar-refractivity contribution is -0.142. The molecule has 1 aliphatic heterocycles. The zero-order valence-electron chi connectivity index (χ0n) is 30.8. The van der Waals surface area contributed by atoms with Crippen molar-refractivity contribution in [2.45, 2.75) is 116 Å². The summed E-state index contributed by atoms with van der Waals surface area (Å²) in [5.41, 5.74) is 1.27. The van der Waals surface area contributed by atoms with Crippen molar-refractivity contribution in [1.29, 1.82) is 0 Å². The third kappa shape index (κ3) is 11.4. The minimum atomic E-state index is -0.904. The number of carbonyl (C=O) groups is 4. The maximum absolute atomic E-state index is 14.2. The number of carbonyl (C=O) groups excluding carboxylic acids is 3. The molecule has 4 rings (SSSR count). The summed E-state index contributed by atoms with van der Waals surface area (Å²) in [6, 6.07) is 9.05. The number of piperidine rings is 1. The Labute approximate surface area is 302 Å². The first-order valence-electron chi connectivity index (χ1n) is 18.5. The van der Waals surface area contributed by atoms with E-state index in [-0.39, 0.29) is 66.1 Å². The van der Waals surface area contributed by atoms with Crippen LogP contribution in [0.25, 0.3) is 0 Å². The smallest absolute Gasteiger partial charge is 0.306 e. The molecule has 1 aliphatic carbocycles. The number of ether oxygens (including phenoxy) is 1.